The summed E-state index contributed by atoms with van der Waals surface area (Å²) in [6, 6.07) is 0. The van der Waals surface area contributed by atoms with Gasteiger partial charge in [-0.3, -0.25) is 0 Å². The molecular formula is C10H19N2O+. The molecule has 0 rings (SSSR count). The summed E-state index contributed by atoms with van der Waals surface area (Å²) in [7, 11) is 7.89. The quantitative estimate of drug-likeness (QED) is 0.273. The van der Waals surface area contributed by atoms with Crippen molar-refractivity contribution in [1.82, 2.24) is 4.90 Å². The van der Waals surface area contributed by atoms with Crippen molar-refractivity contribution in [2.45, 2.75) is 0 Å². The molecule has 13 heavy (non-hydrogen) atoms. The molecule has 0 spiro atoms. The molecule has 0 unspecified atom stereocenters. The first-order chi connectivity index (χ1) is 6.13. The SMILES string of the molecule is CN(C)/C=C/CO/C=C/C=[N+](C)C. The molecule has 0 N–H and O–H groups in total. The van der Waals surface area contributed by atoms with E-state index in [1.54, 1.807) is 6.26 Å². The lowest BCUT2D eigenvalue weighted by Gasteiger charge is -2.02. The van der Waals surface area contributed by atoms with Gasteiger partial charge in [-0.15, -0.1) is 0 Å². The monoisotopic (exact) mass is 183 g/mol. The minimum atomic E-state index is 0.607. The highest BCUT2D eigenvalue weighted by atomic mass is 16.5. The molecule has 0 aliphatic carbocycles. The molecule has 0 aliphatic heterocycles. The van der Waals surface area contributed by atoms with E-state index in [1.165, 1.54) is 0 Å². The second-order valence-electron chi connectivity index (χ2n) is 3.12. The zero-order valence-corrected chi connectivity index (χ0v) is 8.90. The average Bonchev–Trinajstić information content (AvgIpc) is 2.01. The van der Waals surface area contributed by atoms with Gasteiger partial charge in [-0.05, 0) is 12.3 Å². The fourth-order valence-corrected chi connectivity index (χ4v) is 0.628. The Balaban J connectivity index is 3.46. The van der Waals surface area contributed by atoms with E-state index in [-0.39, 0.29) is 0 Å². The maximum absolute atomic E-state index is 5.18. The lowest BCUT2D eigenvalue weighted by atomic mass is 10.6. The Kier molecular flexibility index (Phi) is 6.69. The third kappa shape index (κ3) is 10.8. The molecule has 0 atom stereocenters. The molecule has 0 aromatic rings. The van der Waals surface area contributed by atoms with Crippen LogP contribution in [-0.4, -0.2) is 50.5 Å². The summed E-state index contributed by atoms with van der Waals surface area (Å²) < 4.78 is 7.14. The van der Waals surface area contributed by atoms with Crippen molar-refractivity contribution in [2.24, 2.45) is 0 Å². The van der Waals surface area contributed by atoms with Gasteiger partial charge in [-0.25, -0.2) is 4.58 Å². The van der Waals surface area contributed by atoms with Crippen molar-refractivity contribution in [3.63, 3.8) is 0 Å². The van der Waals surface area contributed by atoms with Gasteiger partial charge in [-0.2, -0.15) is 0 Å². The van der Waals surface area contributed by atoms with Crippen LogP contribution in [0.3, 0.4) is 0 Å². The first-order valence-corrected chi connectivity index (χ1v) is 4.24. The first kappa shape index (κ1) is 11.8. The lowest BCUT2D eigenvalue weighted by Crippen LogP contribution is -2.00. The fourth-order valence-electron chi connectivity index (χ4n) is 0.628. The second kappa shape index (κ2) is 7.40. The highest BCUT2D eigenvalue weighted by molar-refractivity contribution is 5.65. The average molecular weight is 183 g/mol. The summed E-state index contributed by atoms with van der Waals surface area (Å²) >= 11 is 0. The van der Waals surface area contributed by atoms with Crippen molar-refractivity contribution in [3.8, 4) is 0 Å². The summed E-state index contributed by atoms with van der Waals surface area (Å²) in [6.45, 7) is 0.607. The predicted octanol–water partition coefficient (Wildman–Crippen LogP) is 0.935. The van der Waals surface area contributed by atoms with Crippen molar-refractivity contribution < 1.29 is 9.31 Å². The number of nitrogens with zero attached hydrogens (tertiary/aromatic N) is 2. The molecule has 0 radical (unpaired) electrons. The summed E-state index contributed by atoms with van der Waals surface area (Å²) in [5.74, 6) is 0. The smallest absolute Gasteiger partial charge is 0.165 e. The number of hydrogen-bond acceptors (Lipinski definition) is 2. The molecule has 0 amide bonds. The summed E-state index contributed by atoms with van der Waals surface area (Å²) in [4.78, 5) is 1.97. The lowest BCUT2D eigenvalue weighted by molar-refractivity contribution is -0.458. The van der Waals surface area contributed by atoms with Crippen LogP contribution in [0, 0.1) is 0 Å². The highest BCUT2D eigenvalue weighted by Gasteiger charge is 1.78. The summed E-state index contributed by atoms with van der Waals surface area (Å²) in [5.41, 5.74) is 0. The molecule has 0 bridgehead atoms. The summed E-state index contributed by atoms with van der Waals surface area (Å²) in [6.07, 6.45) is 9.39. The van der Waals surface area contributed by atoms with Crippen LogP contribution in [-0.2, 0) is 4.74 Å². The van der Waals surface area contributed by atoms with Crippen LogP contribution < -0.4 is 0 Å². The largest absolute Gasteiger partial charge is 0.497 e. The molecule has 0 aromatic heterocycles. The van der Waals surface area contributed by atoms with Crippen LogP contribution in [0.4, 0.5) is 0 Å². The Morgan fingerprint density at radius 1 is 1.31 bits per heavy atom. The van der Waals surface area contributed by atoms with E-state index in [9.17, 15) is 0 Å². The van der Waals surface area contributed by atoms with Gasteiger partial charge in [0, 0.05) is 20.2 Å². The molecule has 0 saturated heterocycles. The zero-order valence-electron chi connectivity index (χ0n) is 8.90. The van der Waals surface area contributed by atoms with E-state index in [2.05, 4.69) is 0 Å². The van der Waals surface area contributed by atoms with Crippen LogP contribution in [0.2, 0.25) is 0 Å². The van der Waals surface area contributed by atoms with E-state index in [0.29, 0.717) is 6.61 Å². The molecule has 0 heterocycles. The first-order valence-electron chi connectivity index (χ1n) is 4.24. The van der Waals surface area contributed by atoms with Gasteiger partial charge < -0.3 is 9.64 Å². The predicted molar refractivity (Wildman–Crippen MR) is 56.1 cm³/mol. The Hall–Kier alpha value is -1.25. The Morgan fingerprint density at radius 2 is 2.00 bits per heavy atom. The number of ether oxygens (including phenoxy) is 1. The summed E-state index contributed by atoms with van der Waals surface area (Å²) in [5, 5.41) is 0. The van der Waals surface area contributed by atoms with Crippen LogP contribution in [0.25, 0.3) is 0 Å². The van der Waals surface area contributed by atoms with Crippen molar-refractivity contribution in [2.75, 3.05) is 34.8 Å². The second-order valence-corrected chi connectivity index (χ2v) is 3.12. The van der Waals surface area contributed by atoms with Crippen LogP contribution in [0.1, 0.15) is 0 Å². The van der Waals surface area contributed by atoms with E-state index >= 15 is 0 Å². The van der Waals surface area contributed by atoms with Gasteiger partial charge in [-0.1, -0.05) is 0 Å². The van der Waals surface area contributed by atoms with E-state index in [0.717, 1.165) is 0 Å². The molecule has 0 aliphatic rings. The van der Waals surface area contributed by atoms with Gasteiger partial charge in [0.05, 0.1) is 6.26 Å². The third-order valence-electron chi connectivity index (χ3n) is 1.16. The molecule has 0 aromatic carbocycles. The number of allylic oxidation sites excluding steroid dienone is 1. The van der Waals surface area contributed by atoms with Crippen molar-refractivity contribution >= 4 is 6.21 Å². The van der Waals surface area contributed by atoms with E-state index in [1.807, 2.05) is 62.2 Å². The molecule has 0 saturated carbocycles. The molecule has 74 valence electrons. The number of hydrogen-bond donors (Lipinski definition) is 0. The van der Waals surface area contributed by atoms with Crippen molar-refractivity contribution in [3.05, 3.63) is 24.6 Å². The highest BCUT2D eigenvalue weighted by Crippen LogP contribution is 1.81. The van der Waals surface area contributed by atoms with Gasteiger partial charge in [0.2, 0.25) is 0 Å². The minimum Gasteiger partial charge on any atom is -0.497 e. The minimum absolute atomic E-state index is 0.607. The number of rotatable bonds is 5. The normalized spacial score (nSPS) is 10.8. The molecular weight excluding hydrogens is 164 g/mol. The Bertz CT molecular complexity index is 201. The van der Waals surface area contributed by atoms with E-state index in [4.69, 9.17) is 4.74 Å². The van der Waals surface area contributed by atoms with Gasteiger partial charge in [0.15, 0.2) is 6.21 Å². The van der Waals surface area contributed by atoms with Gasteiger partial charge in [0.1, 0.15) is 20.7 Å². The van der Waals surface area contributed by atoms with Gasteiger partial charge in [0.25, 0.3) is 0 Å². The van der Waals surface area contributed by atoms with Crippen LogP contribution in [0.15, 0.2) is 24.6 Å². The topological polar surface area (TPSA) is 15.5 Å². The fraction of sp³-hybridized carbons (Fsp3) is 0.500. The Labute approximate surface area is 80.6 Å². The van der Waals surface area contributed by atoms with Gasteiger partial charge >= 0.3 is 0 Å². The van der Waals surface area contributed by atoms with Crippen LogP contribution >= 0.6 is 0 Å². The van der Waals surface area contributed by atoms with Crippen molar-refractivity contribution in [1.29, 1.82) is 0 Å². The maximum atomic E-state index is 5.18. The molecule has 0 fully saturated rings. The Morgan fingerprint density at radius 3 is 2.54 bits per heavy atom. The maximum Gasteiger partial charge on any atom is 0.165 e. The third-order valence-corrected chi connectivity index (χ3v) is 1.16. The van der Waals surface area contributed by atoms with Crippen LogP contribution in [0.5, 0.6) is 0 Å². The molecule has 3 heteroatoms. The standard InChI is InChI=1S/C10H19N2O/c1-11(2)7-5-9-13-10-6-8-12(3)4/h5-9H,10H2,1-4H3/q+1/b8-6+,9-5+. The molecule has 3 nitrogen and oxygen atoms in total. The zero-order chi connectivity index (χ0) is 10.1. The van der Waals surface area contributed by atoms with E-state index < -0.39 is 0 Å².